The van der Waals surface area contributed by atoms with Crippen LogP contribution in [0.5, 0.6) is 5.75 Å². The average molecular weight is 340 g/mol. The van der Waals surface area contributed by atoms with Gasteiger partial charge >= 0.3 is 0 Å². The topological polar surface area (TPSA) is 84.5 Å². The molecule has 0 bridgehead atoms. The molecule has 1 aromatic heterocycles. The SMILES string of the molecule is CCOc1ccc(N)c(C(=N)c2ccnc(N3CC[C@H](OC)C3)c2)c1. The van der Waals surface area contributed by atoms with Crippen molar-refractivity contribution in [2.75, 3.05) is 37.4 Å². The molecule has 0 aliphatic carbocycles. The van der Waals surface area contributed by atoms with Crippen molar-refractivity contribution in [3.8, 4) is 5.75 Å². The normalized spacial score (nSPS) is 16.9. The van der Waals surface area contributed by atoms with E-state index in [0.29, 0.717) is 29.3 Å². The molecule has 0 saturated carbocycles. The van der Waals surface area contributed by atoms with Gasteiger partial charge < -0.3 is 20.1 Å². The molecule has 6 nitrogen and oxygen atoms in total. The van der Waals surface area contributed by atoms with E-state index >= 15 is 0 Å². The lowest BCUT2D eigenvalue weighted by Gasteiger charge is -2.18. The van der Waals surface area contributed by atoms with Crippen LogP contribution in [-0.2, 0) is 4.74 Å². The van der Waals surface area contributed by atoms with Crippen molar-refractivity contribution in [3.63, 3.8) is 0 Å². The Morgan fingerprint density at radius 3 is 2.92 bits per heavy atom. The molecule has 3 N–H and O–H groups in total. The Bertz CT molecular complexity index is 763. The lowest BCUT2D eigenvalue weighted by molar-refractivity contribution is 0.121. The summed E-state index contributed by atoms with van der Waals surface area (Å²) in [6, 6.07) is 9.19. The number of nitrogens with zero attached hydrogens (tertiary/aromatic N) is 2. The van der Waals surface area contributed by atoms with Gasteiger partial charge in [-0.05, 0) is 43.7 Å². The number of ether oxygens (including phenoxy) is 2. The molecule has 0 radical (unpaired) electrons. The highest BCUT2D eigenvalue weighted by atomic mass is 16.5. The summed E-state index contributed by atoms with van der Waals surface area (Å²) in [4.78, 5) is 6.64. The van der Waals surface area contributed by atoms with Crippen molar-refractivity contribution in [1.82, 2.24) is 4.98 Å². The van der Waals surface area contributed by atoms with Gasteiger partial charge in [0.25, 0.3) is 0 Å². The van der Waals surface area contributed by atoms with Crippen LogP contribution in [0.15, 0.2) is 36.5 Å². The molecule has 1 saturated heterocycles. The van der Waals surface area contributed by atoms with Crippen LogP contribution >= 0.6 is 0 Å². The number of methoxy groups -OCH3 is 1. The lowest BCUT2D eigenvalue weighted by atomic mass is 10.0. The predicted octanol–water partition coefficient (Wildman–Crippen LogP) is 2.70. The summed E-state index contributed by atoms with van der Waals surface area (Å²) in [5.41, 5.74) is 8.46. The van der Waals surface area contributed by atoms with Crippen molar-refractivity contribution in [2.24, 2.45) is 0 Å². The van der Waals surface area contributed by atoms with E-state index in [0.717, 1.165) is 30.9 Å². The maximum absolute atomic E-state index is 8.58. The van der Waals surface area contributed by atoms with Gasteiger partial charge in [-0.1, -0.05) is 0 Å². The van der Waals surface area contributed by atoms with E-state index in [1.54, 1.807) is 19.4 Å². The molecule has 3 rings (SSSR count). The van der Waals surface area contributed by atoms with Crippen LogP contribution in [0.1, 0.15) is 24.5 Å². The lowest BCUT2D eigenvalue weighted by Crippen LogP contribution is -2.23. The molecule has 25 heavy (non-hydrogen) atoms. The Kier molecular flexibility index (Phi) is 5.19. The molecule has 0 amide bonds. The second kappa shape index (κ2) is 7.53. The van der Waals surface area contributed by atoms with Crippen molar-refractivity contribution >= 4 is 17.2 Å². The summed E-state index contributed by atoms with van der Waals surface area (Å²) in [5.74, 6) is 1.58. The summed E-state index contributed by atoms with van der Waals surface area (Å²) in [6.45, 7) is 4.23. The molecule has 0 unspecified atom stereocenters. The fraction of sp³-hybridized carbons (Fsp3) is 0.368. The van der Waals surface area contributed by atoms with Gasteiger partial charge in [0.2, 0.25) is 0 Å². The third kappa shape index (κ3) is 3.74. The van der Waals surface area contributed by atoms with E-state index in [-0.39, 0.29) is 6.10 Å². The molecule has 1 atom stereocenters. The van der Waals surface area contributed by atoms with Crippen molar-refractivity contribution in [2.45, 2.75) is 19.4 Å². The number of rotatable bonds is 6. The number of anilines is 2. The maximum Gasteiger partial charge on any atom is 0.129 e. The molecule has 0 spiro atoms. The van der Waals surface area contributed by atoms with Crippen LogP contribution in [0.3, 0.4) is 0 Å². The number of benzene rings is 1. The van der Waals surface area contributed by atoms with Crippen LogP contribution in [0.25, 0.3) is 0 Å². The van der Waals surface area contributed by atoms with E-state index in [9.17, 15) is 0 Å². The zero-order valence-electron chi connectivity index (χ0n) is 14.7. The van der Waals surface area contributed by atoms with Crippen molar-refractivity contribution in [1.29, 1.82) is 5.41 Å². The van der Waals surface area contributed by atoms with E-state index in [1.807, 2.05) is 31.2 Å². The Labute approximate surface area is 148 Å². The largest absolute Gasteiger partial charge is 0.494 e. The first-order valence-corrected chi connectivity index (χ1v) is 8.47. The number of nitrogen functional groups attached to an aromatic ring is 1. The van der Waals surface area contributed by atoms with Crippen LogP contribution < -0.4 is 15.4 Å². The first kappa shape index (κ1) is 17.2. The number of nitrogens with one attached hydrogen (secondary N) is 1. The summed E-state index contributed by atoms with van der Waals surface area (Å²) < 4.78 is 10.9. The minimum atomic E-state index is 0.239. The Morgan fingerprint density at radius 1 is 1.36 bits per heavy atom. The molecular formula is C19H24N4O2. The van der Waals surface area contributed by atoms with Crippen LogP contribution in [0.4, 0.5) is 11.5 Å². The highest BCUT2D eigenvalue weighted by molar-refractivity contribution is 6.14. The van der Waals surface area contributed by atoms with Gasteiger partial charge in [0, 0.05) is 43.2 Å². The third-order valence-corrected chi connectivity index (χ3v) is 4.44. The first-order chi connectivity index (χ1) is 12.1. The van der Waals surface area contributed by atoms with Gasteiger partial charge in [0.1, 0.15) is 11.6 Å². The van der Waals surface area contributed by atoms with Crippen LogP contribution in [0, 0.1) is 5.41 Å². The highest BCUT2D eigenvalue weighted by Gasteiger charge is 2.23. The first-order valence-electron chi connectivity index (χ1n) is 8.47. The number of nitrogens with two attached hydrogens (primary N) is 1. The smallest absolute Gasteiger partial charge is 0.129 e. The van der Waals surface area contributed by atoms with E-state index in [1.165, 1.54) is 0 Å². The summed E-state index contributed by atoms with van der Waals surface area (Å²) in [7, 11) is 1.74. The van der Waals surface area contributed by atoms with Gasteiger partial charge in [-0.25, -0.2) is 4.98 Å². The van der Waals surface area contributed by atoms with Gasteiger partial charge in [0.05, 0.1) is 18.4 Å². The van der Waals surface area contributed by atoms with Gasteiger partial charge in [-0.15, -0.1) is 0 Å². The Balaban J connectivity index is 1.86. The molecule has 2 aromatic rings. The number of hydrogen-bond donors (Lipinski definition) is 2. The van der Waals surface area contributed by atoms with E-state index in [2.05, 4.69) is 9.88 Å². The van der Waals surface area contributed by atoms with Crippen LogP contribution in [-0.4, -0.2) is 43.6 Å². The van der Waals surface area contributed by atoms with Gasteiger partial charge in [-0.3, -0.25) is 5.41 Å². The zero-order valence-corrected chi connectivity index (χ0v) is 14.7. The minimum Gasteiger partial charge on any atom is -0.494 e. The second-order valence-corrected chi connectivity index (χ2v) is 6.05. The number of hydrogen-bond acceptors (Lipinski definition) is 6. The summed E-state index contributed by atoms with van der Waals surface area (Å²) >= 11 is 0. The Morgan fingerprint density at radius 2 is 2.20 bits per heavy atom. The number of aromatic nitrogens is 1. The quantitative estimate of drug-likeness (QED) is 0.624. The molecule has 2 heterocycles. The van der Waals surface area contributed by atoms with Crippen molar-refractivity contribution in [3.05, 3.63) is 47.7 Å². The summed E-state index contributed by atoms with van der Waals surface area (Å²) in [5, 5.41) is 8.58. The third-order valence-electron chi connectivity index (χ3n) is 4.44. The molecule has 1 aliphatic rings. The summed E-state index contributed by atoms with van der Waals surface area (Å²) in [6.07, 6.45) is 2.97. The predicted molar refractivity (Wildman–Crippen MR) is 99.8 cm³/mol. The maximum atomic E-state index is 8.58. The van der Waals surface area contributed by atoms with Crippen molar-refractivity contribution < 1.29 is 9.47 Å². The zero-order chi connectivity index (χ0) is 17.8. The molecular weight excluding hydrogens is 316 g/mol. The second-order valence-electron chi connectivity index (χ2n) is 6.05. The van der Waals surface area contributed by atoms with Gasteiger partial charge in [-0.2, -0.15) is 0 Å². The standard InChI is InChI=1S/C19H24N4O2/c1-3-25-14-4-5-17(20)16(11-14)19(21)13-6-8-22-18(10-13)23-9-7-15(12-23)24-2/h4-6,8,10-11,15,21H,3,7,9,12,20H2,1-2H3/t15-/m0/s1. The number of pyridine rings is 1. The average Bonchev–Trinajstić information content (AvgIpc) is 3.12. The fourth-order valence-corrected chi connectivity index (χ4v) is 3.04. The molecule has 1 aromatic carbocycles. The molecule has 1 aliphatic heterocycles. The highest BCUT2D eigenvalue weighted by Crippen LogP contribution is 2.25. The van der Waals surface area contributed by atoms with E-state index < -0.39 is 0 Å². The fourth-order valence-electron chi connectivity index (χ4n) is 3.04. The molecule has 6 heteroatoms. The molecule has 132 valence electrons. The monoisotopic (exact) mass is 340 g/mol. The molecule has 1 fully saturated rings. The minimum absolute atomic E-state index is 0.239. The van der Waals surface area contributed by atoms with E-state index in [4.69, 9.17) is 20.6 Å². The van der Waals surface area contributed by atoms with Gasteiger partial charge in [0.15, 0.2) is 0 Å². The van der Waals surface area contributed by atoms with Crippen LogP contribution in [0.2, 0.25) is 0 Å². The Hall–Kier alpha value is -2.60.